The number of aliphatic hydroxyl groups is 1. The van der Waals surface area contributed by atoms with Crippen molar-refractivity contribution in [2.75, 3.05) is 25.0 Å². The third kappa shape index (κ3) is 1.97. The van der Waals surface area contributed by atoms with Crippen LogP contribution in [0.3, 0.4) is 0 Å². The van der Waals surface area contributed by atoms with Gasteiger partial charge in [0.2, 0.25) is 0 Å². The summed E-state index contributed by atoms with van der Waals surface area (Å²) in [6, 6.07) is 9.04. The summed E-state index contributed by atoms with van der Waals surface area (Å²) in [5, 5.41) is 13.9. The molecule has 0 radical (unpaired) electrons. The van der Waals surface area contributed by atoms with E-state index in [-0.39, 0.29) is 25.0 Å². The summed E-state index contributed by atoms with van der Waals surface area (Å²) in [6.45, 7) is 2.53. The van der Waals surface area contributed by atoms with E-state index in [1.807, 2.05) is 25.1 Å². The first-order valence-electron chi connectivity index (χ1n) is 6.95. The van der Waals surface area contributed by atoms with Crippen LogP contribution in [0.5, 0.6) is 0 Å². The number of aliphatic hydroxyl groups excluding tert-OH is 1. The summed E-state index contributed by atoms with van der Waals surface area (Å²) in [6.07, 6.45) is 0. The highest BCUT2D eigenvalue weighted by Crippen LogP contribution is 2.34. The van der Waals surface area contributed by atoms with E-state index in [1.54, 1.807) is 12.1 Å². The van der Waals surface area contributed by atoms with Crippen LogP contribution in [-0.2, 0) is 0 Å². The Kier molecular flexibility index (Phi) is 3.35. The first kappa shape index (κ1) is 13.6. The second-order valence-electron chi connectivity index (χ2n) is 4.90. The number of hydrogen-bond donors (Lipinski definition) is 2. The predicted octanol–water partition coefficient (Wildman–Crippen LogP) is 1.86. The average Bonchev–Trinajstić information content (AvgIpc) is 2.50. The van der Waals surface area contributed by atoms with Crippen molar-refractivity contribution in [3.05, 3.63) is 41.5 Å². The van der Waals surface area contributed by atoms with Gasteiger partial charge in [-0.2, -0.15) is 0 Å². The van der Waals surface area contributed by atoms with Crippen molar-refractivity contribution < 1.29 is 14.7 Å². The van der Waals surface area contributed by atoms with E-state index >= 15 is 0 Å². The van der Waals surface area contributed by atoms with E-state index in [0.717, 1.165) is 22.5 Å². The fourth-order valence-corrected chi connectivity index (χ4v) is 2.79. The molecular formula is C16H16N2O3. The lowest BCUT2D eigenvalue weighted by Gasteiger charge is -2.27. The number of carbonyl (C=O) groups excluding carboxylic acids is 2. The van der Waals surface area contributed by atoms with Gasteiger partial charge in [-0.05, 0) is 25.1 Å². The Morgan fingerprint density at radius 1 is 1.10 bits per heavy atom. The summed E-state index contributed by atoms with van der Waals surface area (Å²) >= 11 is 0. The highest BCUT2D eigenvalue weighted by atomic mass is 16.3. The lowest BCUT2D eigenvalue weighted by atomic mass is 9.93. The van der Waals surface area contributed by atoms with Crippen molar-refractivity contribution in [2.24, 2.45) is 0 Å². The lowest BCUT2D eigenvalue weighted by molar-refractivity contribution is 0.0580. The summed E-state index contributed by atoms with van der Waals surface area (Å²) in [7, 11) is 0. The molecule has 108 valence electrons. The summed E-state index contributed by atoms with van der Waals surface area (Å²) in [5.74, 6) is -0.693. The monoisotopic (exact) mass is 284 g/mol. The van der Waals surface area contributed by atoms with Gasteiger partial charge in [-0.15, -0.1) is 0 Å². The van der Waals surface area contributed by atoms with Crippen LogP contribution < -0.4 is 5.32 Å². The van der Waals surface area contributed by atoms with Gasteiger partial charge in [0.1, 0.15) is 0 Å². The number of β-amino-alcohol motifs (C(OH)–C–C–N with tert-alkyl or cyclic N) is 1. The Balaban J connectivity index is 2.28. The van der Waals surface area contributed by atoms with Crippen LogP contribution in [0.4, 0.5) is 5.69 Å². The maximum Gasteiger partial charge on any atom is 0.261 e. The van der Waals surface area contributed by atoms with E-state index in [2.05, 4.69) is 5.32 Å². The lowest BCUT2D eigenvalue weighted by Crippen LogP contribution is -2.41. The molecule has 2 amide bonds. The fourth-order valence-electron chi connectivity index (χ4n) is 2.79. The third-order valence-corrected chi connectivity index (χ3v) is 3.68. The van der Waals surface area contributed by atoms with E-state index in [9.17, 15) is 9.59 Å². The first-order valence-corrected chi connectivity index (χ1v) is 6.95. The molecule has 1 aliphatic rings. The molecule has 2 aromatic carbocycles. The normalized spacial score (nSPS) is 13.9. The molecular weight excluding hydrogens is 268 g/mol. The zero-order valence-corrected chi connectivity index (χ0v) is 11.7. The number of benzene rings is 2. The van der Waals surface area contributed by atoms with Gasteiger partial charge in [-0.3, -0.25) is 14.5 Å². The second kappa shape index (κ2) is 5.18. The molecule has 0 bridgehead atoms. The SMILES string of the molecule is CCNc1ccc2c3c(cccc13)C(=O)N(CCO)C2=O. The van der Waals surface area contributed by atoms with Crippen LogP contribution in [0.2, 0.25) is 0 Å². The Bertz CT molecular complexity index is 717. The van der Waals surface area contributed by atoms with E-state index in [4.69, 9.17) is 5.11 Å². The van der Waals surface area contributed by atoms with Gasteiger partial charge in [0, 0.05) is 34.1 Å². The van der Waals surface area contributed by atoms with Crippen molar-refractivity contribution in [3.63, 3.8) is 0 Å². The van der Waals surface area contributed by atoms with Crippen LogP contribution in [0.1, 0.15) is 27.6 Å². The number of amides is 2. The van der Waals surface area contributed by atoms with Gasteiger partial charge in [0.05, 0.1) is 13.2 Å². The molecule has 5 heteroatoms. The molecule has 2 aromatic rings. The molecule has 0 aliphatic carbocycles. The van der Waals surface area contributed by atoms with E-state index in [1.165, 1.54) is 0 Å². The fraction of sp³-hybridized carbons (Fsp3) is 0.250. The highest BCUT2D eigenvalue weighted by molar-refractivity contribution is 6.26. The Labute approximate surface area is 122 Å². The number of rotatable bonds is 4. The van der Waals surface area contributed by atoms with Gasteiger partial charge >= 0.3 is 0 Å². The Hall–Kier alpha value is -2.40. The molecule has 2 N–H and O–H groups in total. The minimum absolute atomic E-state index is 0.0163. The number of carbonyl (C=O) groups is 2. The quantitative estimate of drug-likeness (QED) is 0.841. The molecule has 5 nitrogen and oxygen atoms in total. The summed E-state index contributed by atoms with van der Waals surface area (Å²) < 4.78 is 0. The van der Waals surface area contributed by atoms with Crippen LogP contribution in [0, 0.1) is 0 Å². The van der Waals surface area contributed by atoms with Crippen LogP contribution >= 0.6 is 0 Å². The summed E-state index contributed by atoms with van der Waals surface area (Å²) in [5.41, 5.74) is 1.93. The smallest absolute Gasteiger partial charge is 0.261 e. The van der Waals surface area contributed by atoms with Crippen molar-refractivity contribution in [2.45, 2.75) is 6.92 Å². The standard InChI is InChI=1S/C16H16N2O3/c1-2-17-13-7-6-12-14-10(13)4-3-5-11(14)15(20)18(8-9-19)16(12)21/h3-7,17,19H,2,8-9H2,1H3. The molecule has 0 fully saturated rings. The molecule has 0 spiro atoms. The molecule has 0 saturated heterocycles. The predicted molar refractivity (Wildman–Crippen MR) is 80.6 cm³/mol. The molecule has 21 heavy (non-hydrogen) atoms. The Morgan fingerprint density at radius 2 is 1.81 bits per heavy atom. The average molecular weight is 284 g/mol. The van der Waals surface area contributed by atoms with Gasteiger partial charge in [0.15, 0.2) is 0 Å². The summed E-state index contributed by atoms with van der Waals surface area (Å²) in [4.78, 5) is 26.0. The number of hydrogen-bond acceptors (Lipinski definition) is 4. The highest BCUT2D eigenvalue weighted by Gasteiger charge is 2.32. The van der Waals surface area contributed by atoms with Crippen LogP contribution in [0.25, 0.3) is 10.8 Å². The topological polar surface area (TPSA) is 69.6 Å². The van der Waals surface area contributed by atoms with E-state index in [0.29, 0.717) is 16.5 Å². The van der Waals surface area contributed by atoms with Crippen LogP contribution in [0.15, 0.2) is 30.3 Å². The molecule has 0 unspecified atom stereocenters. The van der Waals surface area contributed by atoms with Crippen LogP contribution in [-0.4, -0.2) is 41.5 Å². The maximum atomic E-state index is 12.4. The van der Waals surface area contributed by atoms with Gasteiger partial charge < -0.3 is 10.4 Å². The molecule has 3 rings (SSSR count). The Morgan fingerprint density at radius 3 is 2.48 bits per heavy atom. The maximum absolute atomic E-state index is 12.4. The largest absolute Gasteiger partial charge is 0.395 e. The number of nitrogens with one attached hydrogen (secondary N) is 1. The number of nitrogens with zero attached hydrogens (tertiary/aromatic N) is 1. The number of anilines is 1. The van der Waals surface area contributed by atoms with Gasteiger partial charge in [-0.1, -0.05) is 12.1 Å². The molecule has 0 aromatic heterocycles. The number of imide groups is 1. The molecule has 0 saturated carbocycles. The van der Waals surface area contributed by atoms with Crippen molar-refractivity contribution in [1.29, 1.82) is 0 Å². The first-order chi connectivity index (χ1) is 10.2. The van der Waals surface area contributed by atoms with Gasteiger partial charge in [-0.25, -0.2) is 0 Å². The van der Waals surface area contributed by atoms with Crippen molar-refractivity contribution in [3.8, 4) is 0 Å². The van der Waals surface area contributed by atoms with Crippen molar-refractivity contribution >= 4 is 28.3 Å². The zero-order valence-electron chi connectivity index (χ0n) is 11.7. The minimum Gasteiger partial charge on any atom is -0.395 e. The zero-order chi connectivity index (χ0) is 15.0. The molecule has 1 aliphatic heterocycles. The second-order valence-corrected chi connectivity index (χ2v) is 4.90. The minimum atomic E-state index is -0.346. The molecule has 1 heterocycles. The van der Waals surface area contributed by atoms with E-state index < -0.39 is 0 Å². The molecule has 0 atom stereocenters. The van der Waals surface area contributed by atoms with Crippen molar-refractivity contribution in [1.82, 2.24) is 4.90 Å². The van der Waals surface area contributed by atoms with Gasteiger partial charge in [0.25, 0.3) is 11.8 Å². The third-order valence-electron chi connectivity index (χ3n) is 3.68.